The summed E-state index contributed by atoms with van der Waals surface area (Å²) in [5.74, 6) is -1.31. The molecule has 0 atom stereocenters. The zero-order valence-corrected chi connectivity index (χ0v) is 10.3. The molecular weight excluding hydrogens is 251 g/mol. The molecular formula is C7H11MgO7P. The van der Waals surface area contributed by atoms with E-state index < -0.39 is 13.8 Å². The Bertz CT molecular complexity index is 389. The molecule has 9 heteroatoms. The molecule has 16 heavy (non-hydrogen) atoms. The summed E-state index contributed by atoms with van der Waals surface area (Å²) < 4.78 is 8.88. The summed E-state index contributed by atoms with van der Waals surface area (Å²) in [5, 5.41) is 17.3. The molecule has 0 spiro atoms. The van der Waals surface area contributed by atoms with Crippen molar-refractivity contribution in [2.24, 2.45) is 0 Å². The quantitative estimate of drug-likeness (QED) is 0.355. The summed E-state index contributed by atoms with van der Waals surface area (Å²) in [5.41, 5.74) is -0.0671. The SMILES string of the molecule is O=C(O)c1ccccc1O.O=P(O)(O)O.[H-].[H-].[Mg+2]. The minimum absolute atomic E-state index is 0. The topological polar surface area (TPSA) is 135 Å². The first-order valence-electron chi connectivity index (χ1n) is 3.51. The van der Waals surface area contributed by atoms with E-state index in [4.69, 9.17) is 29.5 Å². The Hall–Kier alpha value is -0.634. The maximum atomic E-state index is 10.3. The zero-order valence-electron chi connectivity index (χ0n) is 10.0. The first-order valence-corrected chi connectivity index (χ1v) is 5.08. The third-order valence-corrected chi connectivity index (χ3v) is 1.13. The molecule has 5 N–H and O–H groups in total. The Balaban J connectivity index is -0.000000109. The summed E-state index contributed by atoms with van der Waals surface area (Å²) in [4.78, 5) is 31.8. The summed E-state index contributed by atoms with van der Waals surface area (Å²) in [6.45, 7) is 0. The van der Waals surface area contributed by atoms with Crippen LogP contribution in [0.25, 0.3) is 0 Å². The van der Waals surface area contributed by atoms with Gasteiger partial charge in [0.1, 0.15) is 11.3 Å². The Kier molecular flexibility index (Phi) is 8.44. The van der Waals surface area contributed by atoms with E-state index in [9.17, 15) is 4.79 Å². The van der Waals surface area contributed by atoms with Crippen LogP contribution in [0.2, 0.25) is 0 Å². The molecule has 0 amide bonds. The number of phosphoric acid groups is 1. The van der Waals surface area contributed by atoms with E-state index in [1.807, 2.05) is 0 Å². The Labute approximate surface area is 110 Å². The van der Waals surface area contributed by atoms with Crippen molar-refractivity contribution in [3.05, 3.63) is 29.8 Å². The van der Waals surface area contributed by atoms with E-state index in [-0.39, 0.29) is 37.2 Å². The van der Waals surface area contributed by atoms with Crippen LogP contribution in [-0.4, -0.2) is 53.9 Å². The minimum Gasteiger partial charge on any atom is -1.00 e. The summed E-state index contributed by atoms with van der Waals surface area (Å²) >= 11 is 0. The maximum Gasteiger partial charge on any atom is 2.00 e. The molecule has 0 aliphatic heterocycles. The average Bonchev–Trinajstić information content (AvgIpc) is 2.01. The van der Waals surface area contributed by atoms with Gasteiger partial charge in [0.15, 0.2) is 0 Å². The Morgan fingerprint density at radius 2 is 1.56 bits per heavy atom. The second kappa shape index (κ2) is 7.61. The first kappa shape index (κ1) is 17.8. The fraction of sp³-hybridized carbons (Fsp3) is 0. The zero-order chi connectivity index (χ0) is 12.1. The molecule has 0 heterocycles. The van der Waals surface area contributed by atoms with Crippen LogP contribution in [0.5, 0.6) is 5.75 Å². The average molecular weight is 262 g/mol. The molecule has 0 aliphatic rings. The molecule has 0 aromatic heterocycles. The van der Waals surface area contributed by atoms with Gasteiger partial charge in [-0.3, -0.25) is 0 Å². The van der Waals surface area contributed by atoms with Gasteiger partial charge in [-0.15, -0.1) is 0 Å². The summed E-state index contributed by atoms with van der Waals surface area (Å²) in [6, 6.07) is 5.81. The van der Waals surface area contributed by atoms with Gasteiger partial charge in [-0.25, -0.2) is 9.36 Å². The van der Waals surface area contributed by atoms with E-state index in [1.54, 1.807) is 12.1 Å². The summed E-state index contributed by atoms with van der Waals surface area (Å²) in [7, 11) is -4.64. The van der Waals surface area contributed by atoms with Gasteiger partial charge in [-0.1, -0.05) is 12.1 Å². The molecule has 0 fully saturated rings. The molecule has 0 aliphatic carbocycles. The predicted octanol–water partition coefficient (Wildman–Crippen LogP) is 0.00600. The third kappa shape index (κ3) is 9.90. The predicted molar refractivity (Wildman–Crippen MR) is 57.3 cm³/mol. The molecule has 0 unspecified atom stereocenters. The van der Waals surface area contributed by atoms with Crippen molar-refractivity contribution < 1.29 is 37.1 Å². The van der Waals surface area contributed by atoms with E-state index in [0.29, 0.717) is 0 Å². The number of benzene rings is 1. The van der Waals surface area contributed by atoms with E-state index >= 15 is 0 Å². The number of carbonyl (C=O) groups is 1. The van der Waals surface area contributed by atoms with Gasteiger partial charge in [0.2, 0.25) is 0 Å². The van der Waals surface area contributed by atoms with Crippen molar-refractivity contribution in [1.29, 1.82) is 0 Å². The van der Waals surface area contributed by atoms with Gasteiger partial charge in [0, 0.05) is 0 Å². The van der Waals surface area contributed by atoms with Crippen molar-refractivity contribution in [1.82, 2.24) is 0 Å². The molecule has 88 valence electrons. The Morgan fingerprint density at radius 3 is 1.81 bits per heavy atom. The molecule has 0 bridgehead atoms. The number of aromatic carboxylic acids is 1. The second-order valence-corrected chi connectivity index (χ2v) is 3.36. The fourth-order valence-electron chi connectivity index (χ4n) is 0.654. The van der Waals surface area contributed by atoms with Crippen molar-refractivity contribution in [3.8, 4) is 5.75 Å². The van der Waals surface area contributed by atoms with Crippen molar-refractivity contribution in [2.75, 3.05) is 0 Å². The van der Waals surface area contributed by atoms with Crippen LogP contribution < -0.4 is 0 Å². The van der Waals surface area contributed by atoms with E-state index in [0.717, 1.165) is 0 Å². The molecule has 0 radical (unpaired) electrons. The van der Waals surface area contributed by atoms with Crippen LogP contribution in [0, 0.1) is 0 Å². The van der Waals surface area contributed by atoms with Gasteiger partial charge in [-0.2, -0.15) is 0 Å². The van der Waals surface area contributed by atoms with Crippen molar-refractivity contribution >= 4 is 36.8 Å². The molecule has 0 saturated heterocycles. The van der Waals surface area contributed by atoms with Crippen molar-refractivity contribution in [3.63, 3.8) is 0 Å². The number of aromatic hydroxyl groups is 1. The third-order valence-electron chi connectivity index (χ3n) is 1.13. The normalized spacial score (nSPS) is 9.44. The van der Waals surface area contributed by atoms with Gasteiger partial charge >= 0.3 is 36.8 Å². The monoisotopic (exact) mass is 262 g/mol. The number of carboxylic acids is 1. The van der Waals surface area contributed by atoms with Gasteiger partial charge in [0.05, 0.1) is 0 Å². The molecule has 1 aromatic rings. The second-order valence-electron chi connectivity index (χ2n) is 2.34. The van der Waals surface area contributed by atoms with Crippen LogP contribution in [0.3, 0.4) is 0 Å². The summed E-state index contributed by atoms with van der Waals surface area (Å²) in [6.07, 6.45) is 0. The molecule has 1 aromatic carbocycles. The largest absolute Gasteiger partial charge is 2.00 e. The van der Waals surface area contributed by atoms with E-state index in [2.05, 4.69) is 0 Å². The molecule has 0 saturated carbocycles. The van der Waals surface area contributed by atoms with Crippen LogP contribution in [0.1, 0.15) is 13.2 Å². The number of para-hydroxylation sites is 1. The fourth-order valence-corrected chi connectivity index (χ4v) is 0.654. The number of hydrogen-bond donors (Lipinski definition) is 5. The Morgan fingerprint density at radius 1 is 1.19 bits per heavy atom. The maximum absolute atomic E-state index is 10.3. The molecule has 1 rings (SSSR count). The molecule has 7 nitrogen and oxygen atoms in total. The number of hydrogen-bond acceptors (Lipinski definition) is 3. The van der Waals surface area contributed by atoms with Crippen molar-refractivity contribution in [2.45, 2.75) is 0 Å². The van der Waals surface area contributed by atoms with Gasteiger partial charge in [-0.05, 0) is 12.1 Å². The number of carboxylic acid groups (broad SMARTS) is 1. The van der Waals surface area contributed by atoms with Crippen LogP contribution in [0.4, 0.5) is 0 Å². The number of rotatable bonds is 1. The van der Waals surface area contributed by atoms with Crippen LogP contribution >= 0.6 is 7.82 Å². The first-order chi connectivity index (χ1) is 6.72. The smallest absolute Gasteiger partial charge is 1.00 e. The standard InChI is InChI=1S/C7H6O3.Mg.H3O4P.2H/c8-6-4-2-1-3-5(6)7(9)10;;1-5(2,3)4;;/h1-4,8H,(H,9,10);;(H3,1,2,3,4);;/q;+2;;2*-1. The van der Waals surface area contributed by atoms with Crippen LogP contribution in [-0.2, 0) is 4.57 Å². The van der Waals surface area contributed by atoms with Gasteiger partial charge < -0.3 is 27.7 Å². The van der Waals surface area contributed by atoms with E-state index in [1.165, 1.54) is 12.1 Å². The van der Waals surface area contributed by atoms with Crippen LogP contribution in [0.15, 0.2) is 24.3 Å². The number of phenols is 1. The van der Waals surface area contributed by atoms with Gasteiger partial charge in [0.25, 0.3) is 0 Å². The minimum atomic E-state index is -4.64.